The van der Waals surface area contributed by atoms with Crippen LogP contribution in [0.1, 0.15) is 79.2 Å². The molecule has 48 heavy (non-hydrogen) atoms. The molecular weight excluding hydrogens is 608 g/mol. The van der Waals surface area contributed by atoms with Gasteiger partial charge in [0.1, 0.15) is 18.7 Å². The molecule has 11 heteroatoms. The molecule has 2 heterocycles. The molecule has 11 nitrogen and oxygen atoms in total. The van der Waals surface area contributed by atoms with E-state index in [9.17, 15) is 19.2 Å². The van der Waals surface area contributed by atoms with Crippen LogP contribution in [0.5, 0.6) is 0 Å². The number of amides is 3. The predicted molar refractivity (Wildman–Crippen MR) is 186 cm³/mol. The molecule has 2 aliphatic rings. The minimum Gasteiger partial charge on any atom is -0.459 e. The molecule has 0 bridgehead atoms. The maximum atomic E-state index is 14.2. The highest BCUT2D eigenvalue weighted by Crippen LogP contribution is 2.34. The highest BCUT2D eigenvalue weighted by Gasteiger charge is 2.36. The van der Waals surface area contributed by atoms with Gasteiger partial charge in [-0.05, 0) is 51.8 Å². The van der Waals surface area contributed by atoms with E-state index in [0.717, 1.165) is 48.9 Å². The van der Waals surface area contributed by atoms with Gasteiger partial charge in [-0.2, -0.15) is 5.10 Å². The van der Waals surface area contributed by atoms with Crippen LogP contribution in [0.25, 0.3) is 11.3 Å². The van der Waals surface area contributed by atoms with Crippen molar-refractivity contribution in [3.8, 4) is 11.3 Å². The zero-order valence-corrected chi connectivity index (χ0v) is 28.8. The number of carbonyl (C=O) groups is 4. The molecule has 1 saturated carbocycles. The van der Waals surface area contributed by atoms with Gasteiger partial charge in [0, 0.05) is 34.3 Å². The van der Waals surface area contributed by atoms with Gasteiger partial charge >= 0.3 is 12.0 Å². The third-order valence-corrected chi connectivity index (χ3v) is 8.38. The van der Waals surface area contributed by atoms with Crippen LogP contribution in [0.3, 0.4) is 0 Å². The molecule has 1 fully saturated rings. The molecule has 3 aromatic rings. The van der Waals surface area contributed by atoms with Crippen molar-refractivity contribution in [2.75, 3.05) is 23.3 Å². The van der Waals surface area contributed by atoms with Gasteiger partial charge in [0.2, 0.25) is 5.91 Å². The van der Waals surface area contributed by atoms with Gasteiger partial charge in [0.25, 0.3) is 0 Å². The van der Waals surface area contributed by atoms with Crippen LogP contribution < -0.4 is 10.2 Å². The lowest BCUT2D eigenvalue weighted by molar-refractivity contribution is -0.155. The molecule has 1 aliphatic carbocycles. The SMILES string of the molecule is CC(C)(C)OC(=O)Cn1cnc(-c2cccc(NC(=O)CN3N=C(C4CCCCC4)c4ccccc4N(CC(=O)C(C)(C)C)C3=O)c2)c1. The zero-order valence-electron chi connectivity index (χ0n) is 28.8. The summed E-state index contributed by atoms with van der Waals surface area (Å²) in [6, 6.07) is 14.2. The van der Waals surface area contributed by atoms with E-state index in [4.69, 9.17) is 9.84 Å². The van der Waals surface area contributed by atoms with Crippen molar-refractivity contribution >= 4 is 40.8 Å². The van der Waals surface area contributed by atoms with E-state index in [1.165, 1.54) is 9.91 Å². The zero-order chi connectivity index (χ0) is 34.6. The highest BCUT2D eigenvalue weighted by molar-refractivity contribution is 6.13. The van der Waals surface area contributed by atoms with Gasteiger partial charge in [0.05, 0.1) is 30.0 Å². The smallest absolute Gasteiger partial charge is 0.345 e. The second-order valence-electron chi connectivity index (χ2n) is 14.6. The molecule has 3 amide bonds. The van der Waals surface area contributed by atoms with E-state index >= 15 is 0 Å². The standard InChI is InChI=1S/C37H46N6O5/c1-36(2,3)31(44)21-42-30-18-11-10-17-28(30)34(25-13-8-7-9-14-25)40-43(35(42)47)22-32(45)39-27-16-12-15-26(19-27)29-20-41(24-38-29)23-33(46)48-37(4,5)6/h10-12,15-20,24-25H,7-9,13-14,21-23H2,1-6H3,(H,39,45). The number of hydrogen-bond acceptors (Lipinski definition) is 7. The molecular formula is C37H46N6O5. The third kappa shape index (κ3) is 8.56. The number of nitrogens with zero attached hydrogens (tertiary/aromatic N) is 5. The predicted octanol–water partition coefficient (Wildman–Crippen LogP) is 6.67. The van der Waals surface area contributed by atoms with E-state index in [-0.39, 0.29) is 37.3 Å². The first-order valence-electron chi connectivity index (χ1n) is 16.6. The van der Waals surface area contributed by atoms with E-state index in [1.807, 2.05) is 71.9 Å². The summed E-state index contributed by atoms with van der Waals surface area (Å²) in [4.78, 5) is 59.1. The van der Waals surface area contributed by atoms with Crippen LogP contribution in [0.15, 0.2) is 66.2 Å². The van der Waals surface area contributed by atoms with Crippen LogP contribution in [0, 0.1) is 11.3 Å². The number of rotatable bonds is 9. The Balaban J connectivity index is 1.37. The van der Waals surface area contributed by atoms with Crippen LogP contribution in [0.2, 0.25) is 0 Å². The number of aromatic nitrogens is 2. The number of esters is 1. The number of para-hydroxylation sites is 1. The second-order valence-corrected chi connectivity index (χ2v) is 14.6. The number of urea groups is 1. The largest absolute Gasteiger partial charge is 0.459 e. The minimum atomic E-state index is -0.659. The van der Waals surface area contributed by atoms with Crippen molar-refractivity contribution in [1.82, 2.24) is 14.6 Å². The molecule has 0 unspecified atom stereocenters. The maximum Gasteiger partial charge on any atom is 0.345 e. The lowest BCUT2D eigenvalue weighted by atomic mass is 9.83. The number of imidazole rings is 1. The molecule has 0 atom stereocenters. The number of ketones is 1. The van der Waals surface area contributed by atoms with Gasteiger partial charge in [-0.15, -0.1) is 0 Å². The van der Waals surface area contributed by atoms with Crippen molar-refractivity contribution in [2.45, 2.75) is 85.8 Å². The van der Waals surface area contributed by atoms with Gasteiger partial charge in [0.15, 0.2) is 5.78 Å². The first kappa shape index (κ1) is 34.5. The molecule has 2 aromatic carbocycles. The summed E-state index contributed by atoms with van der Waals surface area (Å²) in [6.45, 7) is 10.5. The third-order valence-electron chi connectivity index (χ3n) is 8.38. The Kier molecular flexibility index (Phi) is 10.2. The van der Waals surface area contributed by atoms with E-state index < -0.39 is 23.0 Å². The Labute approximate surface area is 282 Å². The number of anilines is 2. The van der Waals surface area contributed by atoms with Crippen molar-refractivity contribution in [1.29, 1.82) is 0 Å². The summed E-state index contributed by atoms with van der Waals surface area (Å²) in [5.74, 6) is -0.755. The van der Waals surface area contributed by atoms with Gasteiger partial charge in [-0.1, -0.05) is 70.4 Å². The first-order valence-corrected chi connectivity index (χ1v) is 16.6. The first-order chi connectivity index (χ1) is 22.7. The Morgan fingerprint density at radius 2 is 1.65 bits per heavy atom. The molecule has 0 radical (unpaired) electrons. The molecule has 0 spiro atoms. The Morgan fingerprint density at radius 3 is 2.35 bits per heavy atom. The van der Waals surface area contributed by atoms with E-state index in [0.29, 0.717) is 17.1 Å². The monoisotopic (exact) mass is 654 g/mol. The van der Waals surface area contributed by atoms with Crippen LogP contribution in [-0.2, 0) is 25.7 Å². The summed E-state index contributed by atoms with van der Waals surface area (Å²) in [5, 5.41) is 8.98. The van der Waals surface area contributed by atoms with Crippen molar-refractivity contribution < 1.29 is 23.9 Å². The maximum absolute atomic E-state index is 14.2. The second kappa shape index (κ2) is 14.1. The number of Topliss-reactive ketones (excluding diaryl/α,β-unsaturated/α-hetero) is 1. The number of carbonyl (C=O) groups excluding carboxylic acids is 4. The molecule has 1 aliphatic heterocycles. The normalized spacial score (nSPS) is 15.8. The van der Waals surface area contributed by atoms with E-state index in [2.05, 4.69) is 10.3 Å². The molecule has 1 N–H and O–H groups in total. The number of hydrazone groups is 1. The van der Waals surface area contributed by atoms with Gasteiger partial charge in [-0.3, -0.25) is 19.3 Å². The summed E-state index contributed by atoms with van der Waals surface area (Å²) < 4.78 is 7.05. The topological polar surface area (TPSA) is 126 Å². The van der Waals surface area contributed by atoms with Gasteiger partial charge in [-0.25, -0.2) is 14.8 Å². The number of hydrogen-bond donors (Lipinski definition) is 1. The number of fused-ring (bicyclic) bond motifs is 1. The average Bonchev–Trinajstić information content (AvgIpc) is 3.45. The van der Waals surface area contributed by atoms with Gasteiger partial charge < -0.3 is 14.6 Å². The fraction of sp³-hybridized carbons (Fsp3) is 0.459. The lowest BCUT2D eigenvalue weighted by Gasteiger charge is -2.28. The van der Waals surface area contributed by atoms with Crippen LogP contribution in [0.4, 0.5) is 16.2 Å². The Morgan fingerprint density at radius 1 is 0.917 bits per heavy atom. The fourth-order valence-corrected chi connectivity index (χ4v) is 5.92. The van der Waals surface area contributed by atoms with Crippen LogP contribution in [-0.4, -0.2) is 62.7 Å². The molecule has 1 aromatic heterocycles. The summed E-state index contributed by atoms with van der Waals surface area (Å²) in [6.07, 6.45) is 8.50. The molecule has 5 rings (SSSR count). The summed E-state index contributed by atoms with van der Waals surface area (Å²) in [5.41, 5.74) is 2.86. The van der Waals surface area contributed by atoms with Crippen molar-refractivity contribution in [3.63, 3.8) is 0 Å². The summed E-state index contributed by atoms with van der Waals surface area (Å²) in [7, 11) is 0. The average molecular weight is 655 g/mol. The number of benzene rings is 2. The summed E-state index contributed by atoms with van der Waals surface area (Å²) >= 11 is 0. The highest BCUT2D eigenvalue weighted by atomic mass is 16.6. The lowest BCUT2D eigenvalue weighted by Crippen LogP contribution is -2.47. The van der Waals surface area contributed by atoms with Crippen molar-refractivity contribution in [2.24, 2.45) is 16.4 Å². The van der Waals surface area contributed by atoms with Crippen molar-refractivity contribution in [3.05, 3.63) is 66.6 Å². The van der Waals surface area contributed by atoms with E-state index in [1.54, 1.807) is 35.3 Å². The fourth-order valence-electron chi connectivity index (χ4n) is 5.92. The Hall–Kier alpha value is -4.80. The Bertz CT molecular complexity index is 1710. The number of ether oxygens (including phenoxy) is 1. The molecule has 0 saturated heterocycles. The molecule has 254 valence electrons. The minimum absolute atomic E-state index is 0.0240. The van der Waals surface area contributed by atoms with Crippen LogP contribution >= 0.6 is 0 Å². The number of nitrogens with one attached hydrogen (secondary N) is 1. The quantitative estimate of drug-likeness (QED) is 0.257.